The monoisotopic (exact) mass is 632 g/mol. The molecule has 0 radical (unpaired) electrons. The van der Waals surface area contributed by atoms with E-state index in [1.54, 1.807) is 0 Å². The molecule has 0 atom stereocenters. The van der Waals surface area contributed by atoms with Crippen molar-refractivity contribution in [1.29, 1.82) is 0 Å². The van der Waals surface area contributed by atoms with E-state index >= 15 is 0 Å². The summed E-state index contributed by atoms with van der Waals surface area (Å²) in [7, 11) is 0. The van der Waals surface area contributed by atoms with Gasteiger partial charge in [-0.25, -0.2) is 19.3 Å². The number of aryl methyl sites for hydroxylation is 4. The van der Waals surface area contributed by atoms with Crippen LogP contribution in [0.5, 0.6) is 0 Å². The Morgan fingerprint density at radius 1 is 0.804 bits per heavy atom. The van der Waals surface area contributed by atoms with Crippen molar-refractivity contribution in [3.63, 3.8) is 0 Å². The minimum atomic E-state index is 0.297. The molecule has 0 aliphatic carbocycles. The highest BCUT2D eigenvalue weighted by Crippen LogP contribution is 2.32. The van der Waals surface area contributed by atoms with Gasteiger partial charge in [-0.3, -0.25) is 0 Å². The lowest BCUT2D eigenvalue weighted by Gasteiger charge is -2.26. The Labute approximate surface area is 270 Å². The molecule has 248 valence electrons. The van der Waals surface area contributed by atoms with Crippen LogP contribution in [0.15, 0.2) is 17.5 Å². The first kappa shape index (κ1) is 33.4. The minimum absolute atomic E-state index is 0.297. The normalized spacial score (nSPS) is 15.8. The summed E-state index contributed by atoms with van der Waals surface area (Å²) in [4.78, 5) is 12.5. The summed E-state index contributed by atoms with van der Waals surface area (Å²) >= 11 is 0. The van der Waals surface area contributed by atoms with Gasteiger partial charge >= 0.3 is 0 Å². The van der Waals surface area contributed by atoms with Gasteiger partial charge in [0.1, 0.15) is 0 Å². The van der Waals surface area contributed by atoms with E-state index < -0.39 is 0 Å². The van der Waals surface area contributed by atoms with Crippen LogP contribution in [0.2, 0.25) is 0 Å². The van der Waals surface area contributed by atoms with Crippen molar-refractivity contribution < 1.29 is 9.47 Å². The van der Waals surface area contributed by atoms with Crippen LogP contribution in [0.3, 0.4) is 0 Å². The molecule has 4 aromatic rings. The Bertz CT molecular complexity index is 1650. The van der Waals surface area contributed by atoms with Gasteiger partial charge < -0.3 is 25.8 Å². The number of fused-ring (bicyclic) bond motifs is 2. The summed E-state index contributed by atoms with van der Waals surface area (Å²) in [5, 5.41) is 22.1. The number of ether oxygens (including phenoxy) is 2. The van der Waals surface area contributed by atoms with Crippen LogP contribution in [0.25, 0.3) is 32.5 Å². The largest absolute Gasteiger partial charge is 0.381 e. The van der Waals surface area contributed by atoms with Crippen molar-refractivity contribution in [2.24, 2.45) is 10.8 Å². The smallest absolute Gasteiger partial charge is 0.160 e. The molecule has 4 N–H and O–H groups in total. The van der Waals surface area contributed by atoms with Crippen LogP contribution < -0.4 is 16.4 Å². The van der Waals surface area contributed by atoms with Gasteiger partial charge in [0.25, 0.3) is 0 Å². The van der Waals surface area contributed by atoms with Crippen molar-refractivity contribution >= 4 is 33.4 Å². The number of azide groups is 1. The first-order valence-electron chi connectivity index (χ1n) is 16.7. The molecule has 14 nitrogen and oxygen atoms in total. The fourth-order valence-electron chi connectivity index (χ4n) is 6.31. The zero-order chi connectivity index (χ0) is 32.5. The number of nitrogens with zero attached hydrogens (tertiary/aromatic N) is 9. The number of hydrogen-bond donors (Lipinski definition) is 3. The molecule has 0 amide bonds. The molecule has 14 heteroatoms. The van der Waals surface area contributed by atoms with Crippen molar-refractivity contribution in [1.82, 2.24) is 29.5 Å². The standard InChI is InChI=1S/C16H23N7O.C16H25N5O/c1-3-14-12(9-18-22-17)15(20-11-5-7-24-8-6-11)13-10-19-23(4-2)16(13)21-14;1-3-14-12(9-17)15(19-11-5-7-22-8-6-11)13-10-18-21(4-2)16(13)20-14/h10-11H,3-9H2,1-2H3,(H,20,21);10-11H,3-9,17H2,1-2H3,(H,19,20). The second-order valence-corrected chi connectivity index (χ2v) is 11.6. The molecule has 2 saturated heterocycles. The summed E-state index contributed by atoms with van der Waals surface area (Å²) in [5.74, 6) is 0. The summed E-state index contributed by atoms with van der Waals surface area (Å²) in [6, 6.07) is 0.781. The summed E-state index contributed by atoms with van der Waals surface area (Å²) in [6.07, 6.45) is 9.40. The molecule has 0 saturated carbocycles. The molecule has 2 fully saturated rings. The van der Waals surface area contributed by atoms with E-state index in [-0.39, 0.29) is 0 Å². The Morgan fingerprint density at radius 2 is 1.26 bits per heavy atom. The van der Waals surface area contributed by atoms with Gasteiger partial charge in [-0.05, 0) is 57.9 Å². The van der Waals surface area contributed by atoms with Gasteiger partial charge in [0, 0.05) is 85.6 Å². The maximum Gasteiger partial charge on any atom is 0.160 e. The van der Waals surface area contributed by atoms with Crippen molar-refractivity contribution in [3.8, 4) is 0 Å². The van der Waals surface area contributed by atoms with Crippen LogP contribution in [0, 0.1) is 0 Å². The van der Waals surface area contributed by atoms with E-state index in [0.29, 0.717) is 25.2 Å². The molecule has 2 aliphatic heterocycles. The van der Waals surface area contributed by atoms with Gasteiger partial charge in [0.15, 0.2) is 11.3 Å². The van der Waals surface area contributed by atoms with Gasteiger partial charge in [0.2, 0.25) is 0 Å². The molecule has 0 bridgehead atoms. The fraction of sp³-hybridized carbons (Fsp3) is 0.625. The average Bonchev–Trinajstić information content (AvgIpc) is 3.72. The quantitative estimate of drug-likeness (QED) is 0.110. The van der Waals surface area contributed by atoms with Gasteiger partial charge in [-0.2, -0.15) is 10.2 Å². The number of aromatic nitrogens is 6. The number of hydrogen-bond acceptors (Lipinski definition) is 10. The average molecular weight is 633 g/mol. The van der Waals surface area contributed by atoms with Crippen molar-refractivity contribution in [2.75, 3.05) is 37.1 Å². The maximum absolute atomic E-state index is 8.74. The molecular formula is C32H48N12O2. The Morgan fingerprint density at radius 3 is 1.67 bits per heavy atom. The van der Waals surface area contributed by atoms with Gasteiger partial charge in [-0.15, -0.1) is 0 Å². The zero-order valence-electron chi connectivity index (χ0n) is 27.6. The number of anilines is 2. The number of rotatable bonds is 11. The maximum atomic E-state index is 8.74. The molecule has 2 aliphatic rings. The molecular weight excluding hydrogens is 584 g/mol. The highest BCUT2D eigenvalue weighted by atomic mass is 16.5. The van der Waals surface area contributed by atoms with E-state index in [9.17, 15) is 0 Å². The molecule has 46 heavy (non-hydrogen) atoms. The number of nitrogens with two attached hydrogens (primary N) is 1. The van der Waals surface area contributed by atoms with E-state index in [1.165, 1.54) is 0 Å². The minimum Gasteiger partial charge on any atom is -0.381 e. The van der Waals surface area contributed by atoms with E-state index in [0.717, 1.165) is 134 Å². The lowest BCUT2D eigenvalue weighted by molar-refractivity contribution is 0.0903. The van der Waals surface area contributed by atoms with Gasteiger partial charge in [0.05, 0.1) is 41.1 Å². The lowest BCUT2D eigenvalue weighted by atomic mass is 10.0. The van der Waals surface area contributed by atoms with Crippen LogP contribution >= 0.6 is 0 Å². The van der Waals surface area contributed by atoms with Crippen LogP contribution in [0.1, 0.15) is 75.9 Å². The third-order valence-electron chi connectivity index (χ3n) is 8.85. The molecule has 4 aromatic heterocycles. The number of pyridine rings is 2. The van der Waals surface area contributed by atoms with Crippen molar-refractivity contribution in [2.45, 2.75) is 104 Å². The van der Waals surface area contributed by atoms with Crippen molar-refractivity contribution in [3.05, 3.63) is 45.4 Å². The number of nitrogens with one attached hydrogen (secondary N) is 2. The highest BCUT2D eigenvalue weighted by Gasteiger charge is 2.22. The van der Waals surface area contributed by atoms with E-state index in [2.05, 4.69) is 58.6 Å². The highest BCUT2D eigenvalue weighted by molar-refractivity contribution is 5.92. The van der Waals surface area contributed by atoms with E-state index in [1.807, 2.05) is 21.8 Å². The molecule has 6 heterocycles. The predicted molar refractivity (Wildman–Crippen MR) is 181 cm³/mol. The third-order valence-corrected chi connectivity index (χ3v) is 8.85. The molecule has 0 spiro atoms. The second-order valence-electron chi connectivity index (χ2n) is 11.6. The predicted octanol–water partition coefficient (Wildman–Crippen LogP) is 5.48. The molecule has 0 aromatic carbocycles. The Balaban J connectivity index is 0.000000182. The molecule has 0 unspecified atom stereocenters. The Kier molecular flexibility index (Phi) is 11.6. The van der Waals surface area contributed by atoms with Crippen LogP contribution in [-0.2, 0) is 48.5 Å². The zero-order valence-corrected chi connectivity index (χ0v) is 27.6. The summed E-state index contributed by atoms with van der Waals surface area (Å²) < 4.78 is 14.8. The lowest BCUT2D eigenvalue weighted by Crippen LogP contribution is -2.29. The Hall–Kier alpha value is -3.97. The summed E-state index contributed by atoms with van der Waals surface area (Å²) in [6.45, 7) is 13.9. The van der Waals surface area contributed by atoms with Crippen LogP contribution in [0.4, 0.5) is 11.4 Å². The summed E-state index contributed by atoms with van der Waals surface area (Å²) in [5.41, 5.74) is 22.9. The second kappa shape index (κ2) is 16.0. The topological polar surface area (TPSA) is 179 Å². The van der Waals surface area contributed by atoms with E-state index in [4.69, 9.17) is 30.7 Å². The first-order chi connectivity index (χ1) is 22.6. The molecule has 6 rings (SSSR count). The SMILES string of the molecule is CCc1nc2c(cnn2CC)c(NC2CCOCC2)c1CN.CCc1nc2c(cnn2CC)c(NC2CCOCC2)c1CN=[N+]=[N-]. The third kappa shape index (κ3) is 7.20. The van der Waals surface area contributed by atoms with Crippen LogP contribution in [-0.4, -0.2) is 68.0 Å². The first-order valence-corrected chi connectivity index (χ1v) is 16.7. The fourth-order valence-corrected chi connectivity index (χ4v) is 6.31. The van der Waals surface area contributed by atoms with Gasteiger partial charge in [-0.1, -0.05) is 19.0 Å².